The molecule has 90 valence electrons. The second-order valence-corrected chi connectivity index (χ2v) is 4.42. The van der Waals surface area contributed by atoms with Crippen LogP contribution in [0.2, 0.25) is 5.02 Å². The first-order valence-corrected chi connectivity index (χ1v) is 5.61. The number of H-pyrrole nitrogens is 1. The van der Waals surface area contributed by atoms with Crippen LogP contribution >= 0.6 is 11.6 Å². The van der Waals surface area contributed by atoms with E-state index in [4.69, 9.17) is 23.1 Å². The molecule has 0 unspecified atom stereocenters. The summed E-state index contributed by atoms with van der Waals surface area (Å²) in [5.74, 6) is -0.200. The van der Waals surface area contributed by atoms with Gasteiger partial charge in [0.25, 0.3) is 5.91 Å². The fourth-order valence-corrected chi connectivity index (χ4v) is 2.26. The summed E-state index contributed by atoms with van der Waals surface area (Å²) in [5.41, 5.74) is 12.9. The zero-order valence-corrected chi connectivity index (χ0v) is 9.95. The molecule has 0 radical (unpaired) electrons. The largest absolute Gasteiger partial charge is 0.383 e. The zero-order valence-electron chi connectivity index (χ0n) is 9.20. The topological polar surface area (TPSA) is 97.8 Å². The molecule has 0 fully saturated rings. The van der Waals surface area contributed by atoms with Gasteiger partial charge in [-0.25, -0.2) is 4.98 Å². The fraction of sp³-hybridized carbons (Fsp3) is 0. The third-order valence-corrected chi connectivity index (χ3v) is 3.12. The number of primary amides is 1. The van der Waals surface area contributed by atoms with Crippen LogP contribution in [-0.2, 0) is 0 Å². The lowest BCUT2D eigenvalue weighted by atomic mass is 10.1. The van der Waals surface area contributed by atoms with Crippen molar-refractivity contribution in [3.63, 3.8) is 0 Å². The number of nitrogen functional groups attached to an aromatic ring is 1. The molecule has 3 rings (SSSR count). The van der Waals surface area contributed by atoms with Crippen LogP contribution in [-0.4, -0.2) is 15.9 Å². The molecule has 2 aromatic heterocycles. The molecule has 0 aliphatic heterocycles. The van der Waals surface area contributed by atoms with Gasteiger partial charge in [0, 0.05) is 22.1 Å². The second-order valence-electron chi connectivity index (χ2n) is 3.99. The van der Waals surface area contributed by atoms with Crippen LogP contribution in [0.5, 0.6) is 0 Å². The number of fused-ring (bicyclic) bond motifs is 3. The molecule has 0 saturated heterocycles. The van der Waals surface area contributed by atoms with Crippen molar-refractivity contribution >= 4 is 45.1 Å². The minimum Gasteiger partial charge on any atom is -0.383 e. The summed E-state index contributed by atoms with van der Waals surface area (Å²) < 4.78 is 0. The van der Waals surface area contributed by atoms with E-state index in [0.717, 1.165) is 10.9 Å². The zero-order chi connectivity index (χ0) is 12.9. The molecule has 2 heterocycles. The summed E-state index contributed by atoms with van der Waals surface area (Å²) in [4.78, 5) is 18.5. The molecule has 18 heavy (non-hydrogen) atoms. The Kier molecular flexibility index (Phi) is 2.18. The maximum Gasteiger partial charge on any atom is 0.252 e. The molecule has 6 heteroatoms. The van der Waals surface area contributed by atoms with E-state index in [9.17, 15) is 4.79 Å². The predicted octanol–water partition coefficient (Wildman–Crippen LogP) is 2.05. The standard InChI is InChI=1S/C12H9ClN4O/c13-5-1-2-6-8(3-5)17-10-7(12(15)18)4-16-11(14)9(6)10/h1-4,17H,(H2,14,16)(H2,15,18). The lowest BCUT2D eigenvalue weighted by Crippen LogP contribution is -2.12. The van der Waals surface area contributed by atoms with Gasteiger partial charge in [-0.1, -0.05) is 17.7 Å². The van der Waals surface area contributed by atoms with Crippen LogP contribution in [0.15, 0.2) is 24.4 Å². The smallest absolute Gasteiger partial charge is 0.252 e. The van der Waals surface area contributed by atoms with Crippen LogP contribution < -0.4 is 11.5 Å². The summed E-state index contributed by atoms with van der Waals surface area (Å²) in [6, 6.07) is 5.36. The van der Waals surface area contributed by atoms with E-state index in [2.05, 4.69) is 9.97 Å². The van der Waals surface area contributed by atoms with E-state index in [0.29, 0.717) is 27.3 Å². The lowest BCUT2D eigenvalue weighted by molar-refractivity contribution is 0.100. The monoisotopic (exact) mass is 260 g/mol. The van der Waals surface area contributed by atoms with Crippen LogP contribution in [0.25, 0.3) is 21.8 Å². The van der Waals surface area contributed by atoms with Crippen molar-refractivity contribution in [3.8, 4) is 0 Å². The number of nitrogens with two attached hydrogens (primary N) is 2. The number of amides is 1. The number of carbonyl (C=O) groups is 1. The first-order chi connectivity index (χ1) is 8.58. The van der Waals surface area contributed by atoms with Gasteiger partial charge in [-0.3, -0.25) is 4.79 Å². The van der Waals surface area contributed by atoms with Crippen LogP contribution in [0.1, 0.15) is 10.4 Å². The van der Waals surface area contributed by atoms with Gasteiger partial charge in [0.1, 0.15) is 5.82 Å². The van der Waals surface area contributed by atoms with Crippen molar-refractivity contribution in [2.75, 3.05) is 5.73 Å². The molecule has 5 N–H and O–H groups in total. The highest BCUT2D eigenvalue weighted by atomic mass is 35.5. The summed E-state index contributed by atoms with van der Waals surface area (Å²) in [7, 11) is 0. The molecule has 0 spiro atoms. The number of hydrogen-bond donors (Lipinski definition) is 3. The number of aromatic nitrogens is 2. The molecule has 1 aromatic carbocycles. The van der Waals surface area contributed by atoms with Gasteiger partial charge in [0.05, 0.1) is 16.5 Å². The average molecular weight is 261 g/mol. The minimum absolute atomic E-state index is 0.312. The summed E-state index contributed by atoms with van der Waals surface area (Å²) in [6.45, 7) is 0. The number of aromatic amines is 1. The molecule has 1 amide bonds. The van der Waals surface area contributed by atoms with E-state index >= 15 is 0 Å². The van der Waals surface area contributed by atoms with Crippen molar-refractivity contribution in [2.24, 2.45) is 5.73 Å². The Morgan fingerprint density at radius 2 is 2.17 bits per heavy atom. The van der Waals surface area contributed by atoms with Gasteiger partial charge in [0.2, 0.25) is 0 Å². The van der Waals surface area contributed by atoms with E-state index in [1.165, 1.54) is 6.20 Å². The van der Waals surface area contributed by atoms with Gasteiger partial charge in [-0.2, -0.15) is 0 Å². The summed E-state index contributed by atoms with van der Waals surface area (Å²) in [5, 5.41) is 2.15. The highest BCUT2D eigenvalue weighted by Gasteiger charge is 2.15. The molecular weight excluding hydrogens is 252 g/mol. The number of anilines is 1. The molecule has 0 aliphatic carbocycles. The Balaban J connectivity index is 2.55. The quantitative estimate of drug-likeness (QED) is 0.624. The van der Waals surface area contributed by atoms with Gasteiger partial charge in [-0.05, 0) is 12.1 Å². The van der Waals surface area contributed by atoms with Gasteiger partial charge in [-0.15, -0.1) is 0 Å². The first kappa shape index (κ1) is 10.9. The number of nitrogens with one attached hydrogen (secondary N) is 1. The normalized spacial score (nSPS) is 11.2. The van der Waals surface area contributed by atoms with E-state index < -0.39 is 5.91 Å². The van der Waals surface area contributed by atoms with Gasteiger partial charge >= 0.3 is 0 Å². The number of pyridine rings is 1. The van der Waals surface area contributed by atoms with Crippen molar-refractivity contribution in [1.82, 2.24) is 9.97 Å². The van der Waals surface area contributed by atoms with Crippen molar-refractivity contribution in [3.05, 3.63) is 35.0 Å². The number of benzene rings is 1. The molecular formula is C12H9ClN4O. The number of halogens is 1. The summed E-state index contributed by atoms with van der Waals surface area (Å²) in [6.07, 6.45) is 1.37. The molecule has 5 nitrogen and oxygen atoms in total. The Bertz CT molecular complexity index is 793. The van der Waals surface area contributed by atoms with E-state index in [1.54, 1.807) is 12.1 Å². The highest BCUT2D eigenvalue weighted by molar-refractivity contribution is 6.31. The number of nitrogens with zero attached hydrogens (tertiary/aromatic N) is 1. The fourth-order valence-electron chi connectivity index (χ4n) is 2.09. The van der Waals surface area contributed by atoms with Gasteiger partial charge in [0.15, 0.2) is 0 Å². The van der Waals surface area contributed by atoms with Gasteiger partial charge < -0.3 is 16.5 Å². The Morgan fingerprint density at radius 3 is 2.89 bits per heavy atom. The molecule has 0 aliphatic rings. The molecule has 0 atom stereocenters. The van der Waals surface area contributed by atoms with Crippen LogP contribution in [0.4, 0.5) is 5.82 Å². The highest BCUT2D eigenvalue weighted by Crippen LogP contribution is 2.32. The van der Waals surface area contributed by atoms with E-state index in [1.807, 2.05) is 6.07 Å². The van der Waals surface area contributed by atoms with E-state index in [-0.39, 0.29) is 0 Å². The Hall–Kier alpha value is -2.27. The summed E-state index contributed by atoms with van der Waals surface area (Å²) >= 11 is 5.93. The maximum absolute atomic E-state index is 11.4. The SMILES string of the molecule is NC(=O)c1cnc(N)c2c1[nH]c1cc(Cl)ccc12. The average Bonchev–Trinajstić information content (AvgIpc) is 2.67. The Labute approximate surface area is 107 Å². The third kappa shape index (κ3) is 1.41. The van der Waals surface area contributed by atoms with Crippen molar-refractivity contribution in [2.45, 2.75) is 0 Å². The predicted molar refractivity (Wildman–Crippen MR) is 71.5 cm³/mol. The van der Waals surface area contributed by atoms with Crippen molar-refractivity contribution < 1.29 is 4.79 Å². The number of carbonyl (C=O) groups excluding carboxylic acids is 1. The lowest BCUT2D eigenvalue weighted by Gasteiger charge is -2.00. The first-order valence-electron chi connectivity index (χ1n) is 5.23. The maximum atomic E-state index is 11.4. The van der Waals surface area contributed by atoms with Crippen LogP contribution in [0.3, 0.4) is 0 Å². The Morgan fingerprint density at radius 1 is 1.39 bits per heavy atom. The number of rotatable bonds is 1. The molecule has 0 bridgehead atoms. The minimum atomic E-state index is -0.551. The second kappa shape index (κ2) is 3.61. The number of hydrogen-bond acceptors (Lipinski definition) is 3. The third-order valence-electron chi connectivity index (χ3n) is 2.88. The molecule has 3 aromatic rings. The van der Waals surface area contributed by atoms with Crippen LogP contribution in [0, 0.1) is 0 Å². The molecule has 0 saturated carbocycles. The van der Waals surface area contributed by atoms with Crippen molar-refractivity contribution in [1.29, 1.82) is 0 Å².